The molecule has 0 saturated carbocycles. The minimum absolute atomic E-state index is 0.334. The first kappa shape index (κ1) is 8.82. The van der Waals surface area contributed by atoms with E-state index in [1.54, 1.807) is 13.8 Å². The molecule has 0 amide bonds. The van der Waals surface area contributed by atoms with Gasteiger partial charge in [-0.2, -0.15) is 0 Å². The van der Waals surface area contributed by atoms with Crippen LogP contribution in [0.3, 0.4) is 0 Å². The number of nitrogens with two attached hydrogens (primary N) is 1. The largest absolute Gasteiger partial charge is 0.320 e. The maximum atomic E-state index is 12.0. The van der Waals surface area contributed by atoms with Crippen molar-refractivity contribution in [3.8, 4) is 0 Å². The summed E-state index contributed by atoms with van der Waals surface area (Å²) in [6.45, 7) is 3.35. The normalized spacial score (nSPS) is 12.7. The quantitative estimate of drug-likeness (QED) is 0.630. The SMILES string of the molecule is CCC(N)(CC)C(F)F. The molecular formula is C6H13F2N. The number of alkyl halides is 2. The molecule has 56 valence electrons. The zero-order valence-electron chi connectivity index (χ0n) is 5.82. The van der Waals surface area contributed by atoms with Gasteiger partial charge in [-0.05, 0) is 12.8 Å². The summed E-state index contributed by atoms with van der Waals surface area (Å²) in [5.41, 5.74) is 4.04. The molecule has 0 aromatic rings. The molecule has 0 rings (SSSR count). The van der Waals surface area contributed by atoms with Crippen LogP contribution in [0.2, 0.25) is 0 Å². The van der Waals surface area contributed by atoms with E-state index in [1.165, 1.54) is 0 Å². The third kappa shape index (κ3) is 1.90. The van der Waals surface area contributed by atoms with Crippen LogP contribution < -0.4 is 5.73 Å². The van der Waals surface area contributed by atoms with Crippen LogP contribution in [0.5, 0.6) is 0 Å². The van der Waals surface area contributed by atoms with Crippen molar-refractivity contribution in [3.63, 3.8) is 0 Å². The van der Waals surface area contributed by atoms with Crippen molar-refractivity contribution >= 4 is 0 Å². The van der Waals surface area contributed by atoms with E-state index in [9.17, 15) is 8.78 Å². The highest BCUT2D eigenvalue weighted by Gasteiger charge is 2.31. The Hall–Kier alpha value is -0.180. The molecule has 0 aliphatic carbocycles. The van der Waals surface area contributed by atoms with Crippen LogP contribution >= 0.6 is 0 Å². The third-order valence-electron chi connectivity index (χ3n) is 1.75. The Balaban J connectivity index is 3.92. The fourth-order valence-corrected chi connectivity index (χ4v) is 0.559. The lowest BCUT2D eigenvalue weighted by molar-refractivity contribution is 0.0489. The molecule has 0 unspecified atom stereocenters. The first-order chi connectivity index (χ1) is 4.06. The lowest BCUT2D eigenvalue weighted by Crippen LogP contribution is -2.45. The standard InChI is InChI=1S/C6H13F2N/c1-3-6(9,4-2)5(7)8/h5H,3-4,9H2,1-2H3. The average molecular weight is 137 g/mol. The number of halogens is 2. The van der Waals surface area contributed by atoms with E-state index < -0.39 is 12.0 Å². The van der Waals surface area contributed by atoms with Gasteiger partial charge in [0.1, 0.15) is 0 Å². The van der Waals surface area contributed by atoms with Gasteiger partial charge < -0.3 is 5.73 Å². The fourth-order valence-electron chi connectivity index (χ4n) is 0.559. The minimum atomic E-state index is -2.40. The molecule has 2 N–H and O–H groups in total. The van der Waals surface area contributed by atoms with E-state index in [1.807, 2.05) is 0 Å². The molecule has 0 heterocycles. The maximum Gasteiger partial charge on any atom is 0.256 e. The maximum absolute atomic E-state index is 12.0. The van der Waals surface area contributed by atoms with Crippen molar-refractivity contribution < 1.29 is 8.78 Å². The Labute approximate surface area is 54.2 Å². The molecule has 0 aliphatic heterocycles. The van der Waals surface area contributed by atoms with Gasteiger partial charge in [-0.3, -0.25) is 0 Å². The van der Waals surface area contributed by atoms with Gasteiger partial charge in [0.15, 0.2) is 0 Å². The van der Waals surface area contributed by atoms with E-state index >= 15 is 0 Å². The molecule has 0 bridgehead atoms. The molecule has 0 fully saturated rings. The van der Waals surface area contributed by atoms with Crippen molar-refractivity contribution in [2.24, 2.45) is 5.73 Å². The summed E-state index contributed by atoms with van der Waals surface area (Å²) >= 11 is 0. The van der Waals surface area contributed by atoms with Crippen LogP contribution in [0, 0.1) is 0 Å². The molecule has 0 aromatic heterocycles. The lowest BCUT2D eigenvalue weighted by atomic mass is 9.95. The molecule has 1 nitrogen and oxygen atoms in total. The van der Waals surface area contributed by atoms with E-state index in [-0.39, 0.29) is 0 Å². The second-order valence-corrected chi connectivity index (χ2v) is 2.24. The zero-order valence-corrected chi connectivity index (χ0v) is 5.82. The first-order valence-corrected chi connectivity index (χ1v) is 3.14. The number of rotatable bonds is 3. The van der Waals surface area contributed by atoms with E-state index in [0.29, 0.717) is 12.8 Å². The summed E-state index contributed by atoms with van der Waals surface area (Å²) in [4.78, 5) is 0. The van der Waals surface area contributed by atoms with Crippen molar-refractivity contribution in [3.05, 3.63) is 0 Å². The molecule has 0 atom stereocenters. The van der Waals surface area contributed by atoms with Crippen molar-refractivity contribution in [1.82, 2.24) is 0 Å². The van der Waals surface area contributed by atoms with Crippen LogP contribution in [0.1, 0.15) is 26.7 Å². The highest BCUT2D eigenvalue weighted by Crippen LogP contribution is 2.19. The number of hydrogen-bond acceptors (Lipinski definition) is 1. The average Bonchev–Trinajstić information content (AvgIpc) is 1.86. The molecule has 0 saturated heterocycles. The van der Waals surface area contributed by atoms with Crippen molar-refractivity contribution in [2.45, 2.75) is 38.7 Å². The molecule has 0 aliphatic rings. The van der Waals surface area contributed by atoms with E-state index in [4.69, 9.17) is 5.73 Å². The predicted octanol–water partition coefficient (Wildman–Crippen LogP) is 1.77. The topological polar surface area (TPSA) is 26.0 Å². The van der Waals surface area contributed by atoms with Gasteiger partial charge in [0.05, 0.1) is 5.54 Å². The summed E-state index contributed by atoms with van der Waals surface area (Å²) in [6, 6.07) is 0. The highest BCUT2D eigenvalue weighted by molar-refractivity contribution is 4.83. The van der Waals surface area contributed by atoms with Crippen LogP contribution in [0.25, 0.3) is 0 Å². The summed E-state index contributed by atoms with van der Waals surface area (Å²) in [7, 11) is 0. The summed E-state index contributed by atoms with van der Waals surface area (Å²) in [5.74, 6) is 0. The molecule has 9 heavy (non-hydrogen) atoms. The molecule has 0 radical (unpaired) electrons. The Morgan fingerprint density at radius 1 is 1.33 bits per heavy atom. The highest BCUT2D eigenvalue weighted by atomic mass is 19.3. The van der Waals surface area contributed by atoms with Crippen LogP contribution in [-0.2, 0) is 0 Å². The summed E-state index contributed by atoms with van der Waals surface area (Å²) in [5, 5.41) is 0. The van der Waals surface area contributed by atoms with Crippen LogP contribution in [0.15, 0.2) is 0 Å². The Bertz CT molecular complexity index is 79.1. The second-order valence-electron chi connectivity index (χ2n) is 2.24. The van der Waals surface area contributed by atoms with Gasteiger partial charge in [0.25, 0.3) is 6.43 Å². The van der Waals surface area contributed by atoms with Crippen LogP contribution in [-0.4, -0.2) is 12.0 Å². The summed E-state index contributed by atoms with van der Waals surface area (Å²) < 4.78 is 23.9. The lowest BCUT2D eigenvalue weighted by Gasteiger charge is -2.24. The molecule has 0 spiro atoms. The summed E-state index contributed by atoms with van der Waals surface area (Å²) in [6.07, 6.45) is -1.73. The predicted molar refractivity (Wildman–Crippen MR) is 33.5 cm³/mol. The van der Waals surface area contributed by atoms with Gasteiger partial charge in [-0.15, -0.1) is 0 Å². The Morgan fingerprint density at radius 2 is 1.67 bits per heavy atom. The van der Waals surface area contributed by atoms with Crippen LogP contribution in [0.4, 0.5) is 8.78 Å². The first-order valence-electron chi connectivity index (χ1n) is 3.14. The number of hydrogen-bond donors (Lipinski definition) is 1. The second kappa shape index (κ2) is 3.11. The third-order valence-corrected chi connectivity index (χ3v) is 1.75. The van der Waals surface area contributed by atoms with Crippen molar-refractivity contribution in [2.75, 3.05) is 0 Å². The molecule has 0 aromatic carbocycles. The fraction of sp³-hybridized carbons (Fsp3) is 1.00. The van der Waals surface area contributed by atoms with Gasteiger partial charge in [0.2, 0.25) is 0 Å². The zero-order chi connectivity index (χ0) is 7.49. The monoisotopic (exact) mass is 137 g/mol. The van der Waals surface area contributed by atoms with Crippen molar-refractivity contribution in [1.29, 1.82) is 0 Å². The van der Waals surface area contributed by atoms with E-state index in [2.05, 4.69) is 0 Å². The van der Waals surface area contributed by atoms with Gasteiger partial charge in [-0.1, -0.05) is 13.8 Å². The molecular weight excluding hydrogens is 124 g/mol. The molecule has 3 heteroatoms. The smallest absolute Gasteiger partial charge is 0.256 e. The van der Waals surface area contributed by atoms with E-state index in [0.717, 1.165) is 0 Å². The Kier molecular flexibility index (Phi) is 3.04. The van der Waals surface area contributed by atoms with Gasteiger partial charge >= 0.3 is 0 Å². The van der Waals surface area contributed by atoms with Gasteiger partial charge in [0, 0.05) is 0 Å². The Morgan fingerprint density at radius 3 is 1.67 bits per heavy atom. The van der Waals surface area contributed by atoms with Gasteiger partial charge in [-0.25, -0.2) is 8.78 Å². The minimum Gasteiger partial charge on any atom is -0.320 e.